The Labute approximate surface area is 107 Å². The van der Waals surface area contributed by atoms with E-state index in [1.165, 1.54) is 0 Å². The predicted molar refractivity (Wildman–Crippen MR) is 70.8 cm³/mol. The number of rotatable bonds is 6. The minimum atomic E-state index is -0.822. The lowest BCUT2D eigenvalue weighted by Crippen LogP contribution is -2.38. The summed E-state index contributed by atoms with van der Waals surface area (Å²) >= 11 is 5.94. The van der Waals surface area contributed by atoms with Crippen LogP contribution in [0.4, 0.5) is 5.69 Å². The molecule has 0 heterocycles. The molecule has 0 aliphatic rings. The summed E-state index contributed by atoms with van der Waals surface area (Å²) in [5.41, 5.74) is 0.869. The fourth-order valence-electron chi connectivity index (χ4n) is 1.96. The second kappa shape index (κ2) is 6.50. The summed E-state index contributed by atoms with van der Waals surface area (Å²) in [5.74, 6) is -0.822. The van der Waals surface area contributed by atoms with Crippen molar-refractivity contribution in [2.45, 2.75) is 32.7 Å². The van der Waals surface area contributed by atoms with Gasteiger partial charge in [-0.3, -0.25) is 4.79 Å². The van der Waals surface area contributed by atoms with Gasteiger partial charge in [0.05, 0.1) is 0 Å². The highest BCUT2D eigenvalue weighted by Gasteiger charge is 2.18. The zero-order chi connectivity index (χ0) is 12.8. The molecule has 1 rings (SSSR count). The zero-order valence-corrected chi connectivity index (χ0v) is 10.9. The van der Waals surface area contributed by atoms with Crippen molar-refractivity contribution in [3.05, 3.63) is 29.3 Å². The number of halogens is 1. The number of aliphatic carboxylic acids is 1. The van der Waals surface area contributed by atoms with Gasteiger partial charge in [0.1, 0.15) is 6.54 Å². The van der Waals surface area contributed by atoms with E-state index in [9.17, 15) is 4.79 Å². The number of benzene rings is 1. The number of carboxylic acid groups (broad SMARTS) is 1. The van der Waals surface area contributed by atoms with Crippen molar-refractivity contribution in [3.8, 4) is 0 Å². The van der Waals surface area contributed by atoms with Crippen LogP contribution in [0.2, 0.25) is 5.02 Å². The Balaban J connectivity index is 3.00. The second-order valence-electron chi connectivity index (χ2n) is 3.97. The fraction of sp³-hybridized carbons (Fsp3) is 0.462. The van der Waals surface area contributed by atoms with Crippen molar-refractivity contribution in [1.82, 2.24) is 0 Å². The van der Waals surface area contributed by atoms with Gasteiger partial charge in [0.25, 0.3) is 0 Å². The van der Waals surface area contributed by atoms with E-state index in [0.717, 1.165) is 18.5 Å². The van der Waals surface area contributed by atoms with Crippen LogP contribution in [0.5, 0.6) is 0 Å². The maximum Gasteiger partial charge on any atom is 0.323 e. The van der Waals surface area contributed by atoms with E-state index in [1.807, 2.05) is 23.1 Å². The first kappa shape index (κ1) is 13.8. The van der Waals surface area contributed by atoms with Crippen LogP contribution in [0.1, 0.15) is 26.7 Å². The van der Waals surface area contributed by atoms with E-state index in [-0.39, 0.29) is 12.6 Å². The van der Waals surface area contributed by atoms with Gasteiger partial charge in [-0.05, 0) is 31.0 Å². The highest BCUT2D eigenvalue weighted by atomic mass is 35.5. The molecule has 17 heavy (non-hydrogen) atoms. The Morgan fingerprint density at radius 1 is 1.41 bits per heavy atom. The van der Waals surface area contributed by atoms with Crippen molar-refractivity contribution in [3.63, 3.8) is 0 Å². The van der Waals surface area contributed by atoms with Gasteiger partial charge < -0.3 is 10.0 Å². The summed E-state index contributed by atoms with van der Waals surface area (Å²) in [6.07, 6.45) is 1.83. The van der Waals surface area contributed by atoms with Crippen LogP contribution >= 0.6 is 11.6 Å². The molecule has 3 nitrogen and oxygen atoms in total. The van der Waals surface area contributed by atoms with Crippen LogP contribution in [0, 0.1) is 0 Å². The molecule has 1 aromatic rings. The third-order valence-corrected chi connectivity index (χ3v) is 3.06. The minimum absolute atomic E-state index is 0.00664. The van der Waals surface area contributed by atoms with E-state index in [1.54, 1.807) is 6.07 Å². The van der Waals surface area contributed by atoms with Gasteiger partial charge in [0, 0.05) is 16.8 Å². The number of hydrogen-bond donors (Lipinski definition) is 1. The van der Waals surface area contributed by atoms with E-state index in [0.29, 0.717) is 5.02 Å². The van der Waals surface area contributed by atoms with Crippen molar-refractivity contribution >= 4 is 23.3 Å². The third-order valence-electron chi connectivity index (χ3n) is 2.83. The topological polar surface area (TPSA) is 40.5 Å². The molecule has 0 atom stereocenters. The average Bonchev–Trinajstić information content (AvgIpc) is 2.29. The smallest absolute Gasteiger partial charge is 0.323 e. The van der Waals surface area contributed by atoms with E-state index in [2.05, 4.69) is 13.8 Å². The Hall–Kier alpha value is -1.22. The largest absolute Gasteiger partial charge is 0.480 e. The standard InChI is InChI=1S/C13H18ClNO2/c1-3-11(4-2)15(9-13(16)17)12-7-5-6-10(14)8-12/h5-8,11H,3-4,9H2,1-2H3,(H,16,17). The molecule has 0 spiro atoms. The molecule has 94 valence electrons. The van der Waals surface area contributed by atoms with Gasteiger partial charge in [-0.25, -0.2) is 0 Å². The van der Waals surface area contributed by atoms with Crippen LogP contribution in [0.25, 0.3) is 0 Å². The second-order valence-corrected chi connectivity index (χ2v) is 4.41. The summed E-state index contributed by atoms with van der Waals surface area (Å²) in [6, 6.07) is 7.56. The summed E-state index contributed by atoms with van der Waals surface area (Å²) in [6.45, 7) is 4.13. The maximum absolute atomic E-state index is 10.9. The molecule has 0 aliphatic heterocycles. The third kappa shape index (κ3) is 3.93. The molecule has 1 N–H and O–H groups in total. The quantitative estimate of drug-likeness (QED) is 0.847. The Morgan fingerprint density at radius 2 is 2.06 bits per heavy atom. The molecule has 0 saturated heterocycles. The average molecular weight is 256 g/mol. The maximum atomic E-state index is 10.9. The number of hydrogen-bond acceptors (Lipinski definition) is 2. The summed E-state index contributed by atoms with van der Waals surface area (Å²) in [5, 5.41) is 9.61. The highest BCUT2D eigenvalue weighted by Crippen LogP contribution is 2.23. The van der Waals surface area contributed by atoms with Gasteiger partial charge in [0.2, 0.25) is 0 Å². The van der Waals surface area contributed by atoms with Crippen LogP contribution < -0.4 is 4.90 Å². The predicted octanol–water partition coefficient (Wildman–Crippen LogP) is 3.42. The van der Waals surface area contributed by atoms with Gasteiger partial charge in [-0.1, -0.05) is 31.5 Å². The number of anilines is 1. The van der Waals surface area contributed by atoms with Gasteiger partial charge >= 0.3 is 5.97 Å². The molecule has 0 saturated carbocycles. The van der Waals surface area contributed by atoms with Crippen LogP contribution in [0.15, 0.2) is 24.3 Å². The molecular formula is C13H18ClNO2. The number of carbonyl (C=O) groups is 1. The Kier molecular flexibility index (Phi) is 5.29. The number of carboxylic acids is 1. The van der Waals surface area contributed by atoms with Crippen molar-refractivity contribution < 1.29 is 9.90 Å². The molecule has 0 aromatic heterocycles. The first-order chi connectivity index (χ1) is 8.08. The summed E-state index contributed by atoms with van der Waals surface area (Å²) in [4.78, 5) is 12.8. The molecule has 0 fully saturated rings. The monoisotopic (exact) mass is 255 g/mol. The lowest BCUT2D eigenvalue weighted by molar-refractivity contribution is -0.135. The van der Waals surface area contributed by atoms with Gasteiger partial charge in [-0.2, -0.15) is 0 Å². The minimum Gasteiger partial charge on any atom is -0.480 e. The highest BCUT2D eigenvalue weighted by molar-refractivity contribution is 6.30. The first-order valence-electron chi connectivity index (χ1n) is 5.82. The van der Waals surface area contributed by atoms with Gasteiger partial charge in [0.15, 0.2) is 0 Å². The van der Waals surface area contributed by atoms with Crippen molar-refractivity contribution in [2.24, 2.45) is 0 Å². The molecule has 1 aromatic carbocycles. The lowest BCUT2D eigenvalue weighted by Gasteiger charge is -2.31. The van der Waals surface area contributed by atoms with Crippen LogP contribution in [-0.2, 0) is 4.79 Å². The first-order valence-corrected chi connectivity index (χ1v) is 6.20. The Morgan fingerprint density at radius 3 is 2.53 bits per heavy atom. The fourth-order valence-corrected chi connectivity index (χ4v) is 2.15. The van der Waals surface area contributed by atoms with E-state index < -0.39 is 5.97 Å². The Bertz CT molecular complexity index is 377. The normalized spacial score (nSPS) is 10.6. The van der Waals surface area contributed by atoms with Gasteiger partial charge in [-0.15, -0.1) is 0 Å². The van der Waals surface area contributed by atoms with E-state index in [4.69, 9.17) is 16.7 Å². The lowest BCUT2D eigenvalue weighted by atomic mass is 10.1. The molecule has 0 radical (unpaired) electrons. The summed E-state index contributed by atoms with van der Waals surface area (Å²) in [7, 11) is 0. The van der Waals surface area contributed by atoms with Crippen molar-refractivity contribution in [1.29, 1.82) is 0 Å². The summed E-state index contributed by atoms with van der Waals surface area (Å²) < 4.78 is 0. The van der Waals surface area contributed by atoms with Crippen LogP contribution in [-0.4, -0.2) is 23.7 Å². The molecule has 0 aliphatic carbocycles. The van der Waals surface area contributed by atoms with Crippen LogP contribution in [0.3, 0.4) is 0 Å². The number of nitrogens with zero attached hydrogens (tertiary/aromatic N) is 1. The molecule has 4 heteroatoms. The zero-order valence-electron chi connectivity index (χ0n) is 10.2. The molecule has 0 unspecified atom stereocenters. The van der Waals surface area contributed by atoms with E-state index >= 15 is 0 Å². The molecule has 0 bridgehead atoms. The van der Waals surface area contributed by atoms with Crippen molar-refractivity contribution in [2.75, 3.05) is 11.4 Å². The SMILES string of the molecule is CCC(CC)N(CC(=O)O)c1cccc(Cl)c1. The molecule has 0 amide bonds. The molecular weight excluding hydrogens is 238 g/mol.